The van der Waals surface area contributed by atoms with Crippen LogP contribution >= 0.6 is 35.5 Å². The molecular weight excluding hydrogens is 476 g/mol. The summed E-state index contributed by atoms with van der Waals surface area (Å²) in [6.45, 7) is 0.565. The number of amides is 1. The molecule has 2 aromatic heterocycles. The van der Waals surface area contributed by atoms with Gasteiger partial charge in [-0.2, -0.15) is 4.37 Å². The fraction of sp³-hybridized carbons (Fsp3) is 0.211. The Morgan fingerprint density at radius 1 is 1.19 bits per heavy atom. The van der Waals surface area contributed by atoms with Crippen molar-refractivity contribution in [1.82, 2.24) is 9.36 Å². The number of nitrogens with one attached hydrogen (secondary N) is 1. The minimum atomic E-state index is -0.995. The van der Waals surface area contributed by atoms with Crippen LogP contribution < -0.4 is 15.8 Å². The molecule has 0 fully saturated rings. The summed E-state index contributed by atoms with van der Waals surface area (Å²) in [4.78, 5) is 16.4. The zero-order valence-corrected chi connectivity index (χ0v) is 18.2. The summed E-state index contributed by atoms with van der Waals surface area (Å²) in [6, 6.07) is 5.11. The largest absolute Gasteiger partial charge is 0.481 e. The van der Waals surface area contributed by atoms with E-state index in [1.54, 1.807) is 0 Å². The molecule has 1 atom stereocenters. The van der Waals surface area contributed by atoms with Crippen molar-refractivity contribution in [3.8, 4) is 16.3 Å². The summed E-state index contributed by atoms with van der Waals surface area (Å²) < 4.78 is 51.8. The van der Waals surface area contributed by atoms with Crippen LogP contribution in [0.2, 0.25) is 0 Å². The van der Waals surface area contributed by atoms with Crippen LogP contribution in [0.3, 0.4) is 0 Å². The number of anilines is 1. The van der Waals surface area contributed by atoms with E-state index in [4.69, 9.17) is 22.1 Å². The molecule has 1 amide bonds. The lowest BCUT2D eigenvalue weighted by Crippen LogP contribution is -2.23. The van der Waals surface area contributed by atoms with E-state index < -0.39 is 34.6 Å². The highest BCUT2D eigenvalue weighted by atomic mass is 35.5. The molecule has 31 heavy (non-hydrogen) atoms. The second-order valence-electron chi connectivity index (χ2n) is 6.17. The molecule has 0 aliphatic heterocycles. The van der Waals surface area contributed by atoms with Crippen molar-refractivity contribution in [2.75, 3.05) is 24.3 Å². The number of alkyl halides is 1. The molecule has 1 aromatic carbocycles. The van der Waals surface area contributed by atoms with E-state index in [2.05, 4.69) is 14.7 Å². The standard InChI is InChI=1S/C19H16ClF3N4O2S.ClH/c20-6-10(7-24)9-29-19-15(8-25-30-19)27-18(28)14-5-4-13(23)17(26-14)16-11(21)2-1-3-12(16)22;/h1-5,8,10H,6-7,9,24H2,(H,27,28);1H. The van der Waals surface area contributed by atoms with Gasteiger partial charge in [0, 0.05) is 23.3 Å². The van der Waals surface area contributed by atoms with Crippen molar-refractivity contribution in [2.24, 2.45) is 11.7 Å². The first-order chi connectivity index (χ1) is 14.4. The molecule has 1 unspecified atom stereocenters. The minimum absolute atomic E-state index is 0. The van der Waals surface area contributed by atoms with Gasteiger partial charge >= 0.3 is 0 Å². The molecule has 2 heterocycles. The Kier molecular flexibility index (Phi) is 9.05. The molecule has 0 radical (unpaired) electrons. The van der Waals surface area contributed by atoms with Gasteiger partial charge in [0.25, 0.3) is 5.91 Å². The fourth-order valence-corrected chi connectivity index (χ4v) is 3.23. The van der Waals surface area contributed by atoms with Crippen molar-refractivity contribution in [3.05, 3.63) is 59.7 Å². The van der Waals surface area contributed by atoms with E-state index in [9.17, 15) is 18.0 Å². The molecular formula is C19H17Cl2F3N4O2S. The summed E-state index contributed by atoms with van der Waals surface area (Å²) in [6.07, 6.45) is 1.37. The third-order valence-corrected chi connectivity index (χ3v) is 5.22. The minimum Gasteiger partial charge on any atom is -0.481 e. The number of ether oxygens (including phenoxy) is 1. The number of aromatic nitrogens is 2. The van der Waals surface area contributed by atoms with Gasteiger partial charge in [-0.1, -0.05) is 6.07 Å². The number of hydrogen-bond donors (Lipinski definition) is 2. The maximum atomic E-state index is 14.2. The smallest absolute Gasteiger partial charge is 0.274 e. The van der Waals surface area contributed by atoms with Gasteiger partial charge in [-0.05, 0) is 30.8 Å². The number of pyridine rings is 1. The number of carbonyl (C=O) groups excluding carboxylic acids is 1. The van der Waals surface area contributed by atoms with Crippen LogP contribution in [0, 0.1) is 23.4 Å². The van der Waals surface area contributed by atoms with Gasteiger partial charge in [-0.25, -0.2) is 18.2 Å². The van der Waals surface area contributed by atoms with E-state index in [0.29, 0.717) is 17.5 Å². The summed E-state index contributed by atoms with van der Waals surface area (Å²) >= 11 is 6.78. The molecule has 3 aromatic rings. The van der Waals surface area contributed by atoms with Crippen LogP contribution in [0.4, 0.5) is 18.9 Å². The van der Waals surface area contributed by atoms with Crippen molar-refractivity contribution >= 4 is 47.1 Å². The maximum absolute atomic E-state index is 14.2. The highest BCUT2D eigenvalue weighted by Crippen LogP contribution is 2.30. The Morgan fingerprint density at radius 3 is 2.55 bits per heavy atom. The number of nitrogens with zero attached hydrogens (tertiary/aromatic N) is 2. The zero-order valence-electron chi connectivity index (χ0n) is 15.8. The second kappa shape index (κ2) is 11.3. The number of benzene rings is 1. The summed E-state index contributed by atoms with van der Waals surface area (Å²) in [5.74, 6) is -3.45. The first kappa shape index (κ1) is 24.9. The van der Waals surface area contributed by atoms with Gasteiger partial charge in [0.15, 0.2) is 0 Å². The van der Waals surface area contributed by atoms with Gasteiger partial charge in [0.2, 0.25) is 5.06 Å². The van der Waals surface area contributed by atoms with Gasteiger partial charge in [-0.15, -0.1) is 24.0 Å². The maximum Gasteiger partial charge on any atom is 0.274 e. The molecule has 0 saturated carbocycles. The highest BCUT2D eigenvalue weighted by molar-refractivity contribution is 7.08. The first-order valence-corrected chi connectivity index (χ1v) is 10.0. The quantitative estimate of drug-likeness (QED) is 0.452. The average Bonchev–Trinajstić information content (AvgIpc) is 3.16. The van der Waals surface area contributed by atoms with Gasteiger partial charge < -0.3 is 15.8 Å². The first-order valence-electron chi connectivity index (χ1n) is 8.70. The molecule has 6 nitrogen and oxygen atoms in total. The average molecular weight is 493 g/mol. The molecule has 0 aliphatic carbocycles. The van der Waals surface area contributed by atoms with Crippen molar-refractivity contribution < 1.29 is 22.7 Å². The van der Waals surface area contributed by atoms with Gasteiger partial charge in [0.05, 0.1) is 18.4 Å². The molecule has 0 aliphatic rings. The van der Waals surface area contributed by atoms with E-state index in [1.165, 1.54) is 6.20 Å². The highest BCUT2D eigenvalue weighted by Gasteiger charge is 2.20. The van der Waals surface area contributed by atoms with E-state index in [1.807, 2.05) is 0 Å². The lowest BCUT2D eigenvalue weighted by Gasteiger charge is -2.13. The third kappa shape index (κ3) is 5.85. The van der Waals surface area contributed by atoms with Crippen LogP contribution in [0.25, 0.3) is 11.3 Å². The Labute approximate surface area is 191 Å². The zero-order chi connectivity index (χ0) is 21.7. The second-order valence-corrected chi connectivity index (χ2v) is 7.24. The number of halogens is 5. The Morgan fingerprint density at radius 2 is 1.90 bits per heavy atom. The summed E-state index contributed by atoms with van der Waals surface area (Å²) in [5.41, 5.74) is 4.34. The summed E-state index contributed by atoms with van der Waals surface area (Å²) in [5, 5.41) is 2.87. The van der Waals surface area contributed by atoms with Crippen molar-refractivity contribution in [1.29, 1.82) is 0 Å². The van der Waals surface area contributed by atoms with Crippen LogP contribution in [0.15, 0.2) is 36.5 Å². The normalized spacial score (nSPS) is 11.5. The molecule has 0 bridgehead atoms. The SMILES string of the molecule is Cl.NCC(CCl)COc1sncc1NC(=O)c1ccc(F)c(-c2c(F)cccc2F)n1. The topological polar surface area (TPSA) is 90.1 Å². The Bertz CT molecular complexity index is 1030. The van der Waals surface area contributed by atoms with Crippen LogP contribution in [0.1, 0.15) is 10.5 Å². The van der Waals surface area contributed by atoms with Crippen molar-refractivity contribution in [2.45, 2.75) is 0 Å². The number of carbonyl (C=O) groups is 1. The predicted octanol–water partition coefficient (Wildman–Crippen LogP) is 4.49. The monoisotopic (exact) mass is 492 g/mol. The fourth-order valence-electron chi connectivity index (χ4n) is 2.44. The lowest BCUT2D eigenvalue weighted by molar-refractivity contribution is 0.102. The molecule has 3 N–H and O–H groups in total. The number of rotatable bonds is 8. The van der Waals surface area contributed by atoms with Crippen LogP contribution in [-0.4, -0.2) is 34.3 Å². The predicted molar refractivity (Wildman–Crippen MR) is 116 cm³/mol. The molecule has 12 heteroatoms. The number of nitrogens with two attached hydrogens (primary N) is 1. The third-order valence-electron chi connectivity index (χ3n) is 4.07. The van der Waals surface area contributed by atoms with Gasteiger partial charge in [-0.3, -0.25) is 4.79 Å². The molecule has 166 valence electrons. The molecule has 0 spiro atoms. The molecule has 0 saturated heterocycles. The Balaban J connectivity index is 0.00000341. The summed E-state index contributed by atoms with van der Waals surface area (Å²) in [7, 11) is 0. The number of hydrogen-bond acceptors (Lipinski definition) is 6. The van der Waals surface area contributed by atoms with Crippen LogP contribution in [0.5, 0.6) is 5.06 Å². The van der Waals surface area contributed by atoms with E-state index in [0.717, 1.165) is 41.9 Å². The van der Waals surface area contributed by atoms with E-state index >= 15 is 0 Å². The molecule has 3 rings (SSSR count). The van der Waals surface area contributed by atoms with Crippen LogP contribution in [-0.2, 0) is 0 Å². The lowest BCUT2D eigenvalue weighted by atomic mass is 10.1. The Hall–Kier alpha value is -2.40. The van der Waals surface area contributed by atoms with E-state index in [-0.39, 0.29) is 36.3 Å². The van der Waals surface area contributed by atoms with Crippen molar-refractivity contribution in [3.63, 3.8) is 0 Å². The van der Waals surface area contributed by atoms with Gasteiger partial charge in [0.1, 0.15) is 34.5 Å².